The third kappa shape index (κ3) is 3.93. The van der Waals surface area contributed by atoms with Gasteiger partial charge in [0.1, 0.15) is 0 Å². The van der Waals surface area contributed by atoms with E-state index < -0.39 is 0 Å². The van der Waals surface area contributed by atoms with E-state index in [4.69, 9.17) is 4.74 Å². The Bertz CT molecular complexity index is 672. The Labute approximate surface area is 151 Å². The van der Waals surface area contributed by atoms with Gasteiger partial charge in [0.2, 0.25) is 11.8 Å². The van der Waals surface area contributed by atoms with Crippen LogP contribution in [0.1, 0.15) is 35.0 Å². The Kier molecular flexibility index (Phi) is 5.54. The number of fused-ring (bicyclic) bond motifs is 4. The fourth-order valence-electron chi connectivity index (χ4n) is 3.67. The molecule has 136 valence electrons. The number of carbonyl (C=O) groups is 3. The lowest BCUT2D eigenvalue weighted by atomic mass is 9.94. The summed E-state index contributed by atoms with van der Waals surface area (Å²) in [4.78, 5) is 41.2. The number of rotatable bonds is 6. The van der Waals surface area contributed by atoms with E-state index in [1.165, 1.54) is 18.3 Å². The van der Waals surface area contributed by atoms with Crippen LogP contribution in [0, 0.1) is 5.92 Å². The van der Waals surface area contributed by atoms with E-state index >= 15 is 0 Å². The Morgan fingerprint density at radius 1 is 1.32 bits per heavy atom. The van der Waals surface area contributed by atoms with E-state index in [1.54, 1.807) is 13.2 Å². The van der Waals surface area contributed by atoms with Crippen LogP contribution in [-0.2, 0) is 20.7 Å². The van der Waals surface area contributed by atoms with Gasteiger partial charge in [-0.1, -0.05) is 0 Å². The van der Waals surface area contributed by atoms with Gasteiger partial charge in [-0.25, -0.2) is 0 Å². The van der Waals surface area contributed by atoms with Gasteiger partial charge in [0.05, 0.1) is 23.8 Å². The second-order valence-electron chi connectivity index (χ2n) is 6.80. The van der Waals surface area contributed by atoms with Crippen LogP contribution >= 0.6 is 11.3 Å². The highest BCUT2D eigenvalue weighted by atomic mass is 32.1. The molecule has 0 saturated carbocycles. The SMILES string of the molecule is COCCN1C(=O)[C@H]2CC[C@@H]1CN(C(=O)Cc1csc(C(C)=O)c1)C2. The van der Waals surface area contributed by atoms with Gasteiger partial charge in [0, 0.05) is 32.8 Å². The predicted octanol–water partition coefficient (Wildman–Crippen LogP) is 1.59. The second-order valence-corrected chi connectivity index (χ2v) is 7.71. The molecular formula is C18H24N2O4S. The molecular weight excluding hydrogens is 340 g/mol. The van der Waals surface area contributed by atoms with Crippen LogP contribution in [0.5, 0.6) is 0 Å². The van der Waals surface area contributed by atoms with E-state index in [1.807, 2.05) is 15.2 Å². The van der Waals surface area contributed by atoms with Gasteiger partial charge in [0.25, 0.3) is 0 Å². The smallest absolute Gasteiger partial charge is 0.227 e. The first-order valence-corrected chi connectivity index (χ1v) is 9.53. The number of Topliss-reactive ketones (excluding diaryl/α,β-unsaturated/α-hetero) is 1. The molecule has 1 aromatic rings. The Balaban J connectivity index is 1.67. The minimum Gasteiger partial charge on any atom is -0.383 e. The zero-order chi connectivity index (χ0) is 18.0. The molecule has 0 radical (unpaired) electrons. The Morgan fingerprint density at radius 2 is 2.12 bits per heavy atom. The Morgan fingerprint density at radius 3 is 2.80 bits per heavy atom. The van der Waals surface area contributed by atoms with E-state index in [9.17, 15) is 14.4 Å². The molecule has 2 atom stereocenters. The van der Waals surface area contributed by atoms with E-state index in [0.717, 1.165) is 18.4 Å². The van der Waals surface area contributed by atoms with Gasteiger partial charge >= 0.3 is 0 Å². The van der Waals surface area contributed by atoms with Crippen molar-refractivity contribution in [2.24, 2.45) is 5.92 Å². The van der Waals surface area contributed by atoms with Crippen molar-refractivity contribution in [2.45, 2.75) is 32.2 Å². The van der Waals surface area contributed by atoms with Crippen LogP contribution in [0.15, 0.2) is 11.4 Å². The molecule has 0 aliphatic carbocycles. The summed E-state index contributed by atoms with van der Waals surface area (Å²) in [6.45, 7) is 3.73. The monoisotopic (exact) mass is 364 g/mol. The van der Waals surface area contributed by atoms with Crippen LogP contribution in [0.3, 0.4) is 0 Å². The molecule has 0 aromatic carbocycles. The van der Waals surface area contributed by atoms with Crippen molar-refractivity contribution in [2.75, 3.05) is 33.4 Å². The standard InChI is InChI=1S/C18H24N2O4S/c1-12(21)16-7-13(11-25-16)8-17(22)19-9-14-3-4-15(10-19)20(18(14)23)5-6-24-2/h7,11,14-15H,3-6,8-10H2,1-2H3/t14-,15+/m0/s1. The topological polar surface area (TPSA) is 66.9 Å². The van der Waals surface area contributed by atoms with Crippen LogP contribution < -0.4 is 0 Å². The number of piperidine rings is 1. The lowest BCUT2D eigenvalue weighted by molar-refractivity contribution is -0.140. The third-order valence-electron chi connectivity index (χ3n) is 5.04. The normalized spacial score (nSPS) is 23.0. The summed E-state index contributed by atoms with van der Waals surface area (Å²) in [7, 11) is 1.63. The van der Waals surface area contributed by atoms with Crippen LogP contribution in [-0.4, -0.2) is 66.8 Å². The summed E-state index contributed by atoms with van der Waals surface area (Å²) in [6, 6.07) is 1.88. The maximum atomic E-state index is 12.7. The van der Waals surface area contributed by atoms with Crippen LogP contribution in [0.4, 0.5) is 0 Å². The van der Waals surface area contributed by atoms with Gasteiger partial charge < -0.3 is 14.5 Å². The number of carbonyl (C=O) groups excluding carboxylic acids is 3. The molecule has 3 saturated heterocycles. The largest absolute Gasteiger partial charge is 0.383 e. The molecule has 25 heavy (non-hydrogen) atoms. The molecule has 1 aromatic heterocycles. The maximum absolute atomic E-state index is 12.7. The number of ether oxygens (including phenoxy) is 1. The zero-order valence-corrected chi connectivity index (χ0v) is 15.5. The summed E-state index contributed by atoms with van der Waals surface area (Å²) in [5.41, 5.74) is 0.874. The summed E-state index contributed by atoms with van der Waals surface area (Å²) < 4.78 is 5.12. The van der Waals surface area contributed by atoms with Crippen molar-refractivity contribution in [3.05, 3.63) is 21.9 Å². The first-order chi connectivity index (χ1) is 12.0. The highest BCUT2D eigenvalue weighted by molar-refractivity contribution is 7.12. The van der Waals surface area contributed by atoms with Gasteiger partial charge in [0.15, 0.2) is 5.78 Å². The molecule has 0 unspecified atom stereocenters. The Hall–Kier alpha value is -1.73. The van der Waals surface area contributed by atoms with Crippen molar-refractivity contribution in [3.63, 3.8) is 0 Å². The van der Waals surface area contributed by atoms with Crippen molar-refractivity contribution >= 4 is 28.9 Å². The average molecular weight is 364 g/mol. The van der Waals surface area contributed by atoms with E-state index in [0.29, 0.717) is 31.1 Å². The summed E-state index contributed by atoms with van der Waals surface area (Å²) in [5, 5.41) is 1.87. The molecule has 3 aliphatic heterocycles. The first-order valence-electron chi connectivity index (χ1n) is 8.65. The fraction of sp³-hybridized carbons (Fsp3) is 0.611. The fourth-order valence-corrected chi connectivity index (χ4v) is 4.48. The predicted molar refractivity (Wildman–Crippen MR) is 94.7 cm³/mol. The lowest BCUT2D eigenvalue weighted by Crippen LogP contribution is -2.49. The molecule has 2 bridgehead atoms. The number of methoxy groups -OCH3 is 1. The molecule has 4 heterocycles. The van der Waals surface area contributed by atoms with Gasteiger partial charge in [-0.15, -0.1) is 11.3 Å². The highest BCUT2D eigenvalue weighted by Gasteiger charge is 2.41. The molecule has 0 spiro atoms. The van der Waals surface area contributed by atoms with E-state index in [2.05, 4.69) is 0 Å². The number of hydrogen-bond donors (Lipinski definition) is 0. The van der Waals surface area contributed by atoms with Crippen molar-refractivity contribution in [3.8, 4) is 0 Å². The summed E-state index contributed by atoms with van der Waals surface area (Å²) >= 11 is 1.38. The van der Waals surface area contributed by atoms with Gasteiger partial charge in [-0.3, -0.25) is 14.4 Å². The zero-order valence-electron chi connectivity index (χ0n) is 14.7. The van der Waals surface area contributed by atoms with Crippen molar-refractivity contribution < 1.29 is 19.1 Å². The van der Waals surface area contributed by atoms with Crippen LogP contribution in [0.2, 0.25) is 0 Å². The molecule has 6 nitrogen and oxygen atoms in total. The van der Waals surface area contributed by atoms with Gasteiger partial charge in [-0.05, 0) is 36.8 Å². The first kappa shape index (κ1) is 18.1. The number of amides is 2. The van der Waals surface area contributed by atoms with Crippen molar-refractivity contribution in [1.82, 2.24) is 9.80 Å². The number of nitrogens with zero attached hydrogens (tertiary/aromatic N) is 2. The molecule has 4 rings (SSSR count). The van der Waals surface area contributed by atoms with Gasteiger partial charge in [-0.2, -0.15) is 0 Å². The molecule has 3 aliphatic rings. The van der Waals surface area contributed by atoms with Crippen molar-refractivity contribution in [1.29, 1.82) is 0 Å². The maximum Gasteiger partial charge on any atom is 0.227 e. The summed E-state index contributed by atoms with van der Waals surface area (Å²) in [5.74, 6) is 0.106. The number of thiophene rings is 1. The third-order valence-corrected chi connectivity index (χ3v) is 6.12. The highest BCUT2D eigenvalue weighted by Crippen LogP contribution is 2.29. The van der Waals surface area contributed by atoms with E-state index in [-0.39, 0.29) is 36.0 Å². The lowest BCUT2D eigenvalue weighted by Gasteiger charge is -2.35. The number of ketones is 1. The number of hydrogen-bond acceptors (Lipinski definition) is 5. The molecule has 3 fully saturated rings. The minimum absolute atomic E-state index is 0.0240. The quantitative estimate of drug-likeness (QED) is 0.719. The minimum atomic E-state index is -0.102. The molecule has 2 amide bonds. The summed E-state index contributed by atoms with van der Waals surface area (Å²) in [6.07, 6.45) is 2.08. The average Bonchev–Trinajstić information content (AvgIpc) is 2.87. The molecule has 0 N–H and O–H groups in total. The molecule has 7 heteroatoms. The second kappa shape index (κ2) is 7.66. The van der Waals surface area contributed by atoms with Crippen LogP contribution in [0.25, 0.3) is 0 Å².